The Morgan fingerprint density at radius 3 is 2.91 bits per heavy atom. The highest BCUT2D eigenvalue weighted by Crippen LogP contribution is 2.37. The van der Waals surface area contributed by atoms with Crippen molar-refractivity contribution in [2.45, 2.75) is 45.2 Å². The topological polar surface area (TPSA) is 41.9 Å². The van der Waals surface area contributed by atoms with Crippen molar-refractivity contribution in [2.75, 3.05) is 26.9 Å². The highest BCUT2D eigenvalue weighted by atomic mass is 35.5. The quantitative estimate of drug-likeness (QED) is 0.793. The van der Waals surface area contributed by atoms with Crippen LogP contribution in [0.5, 0.6) is 11.5 Å². The molecule has 0 bridgehead atoms. The number of benzene rings is 1. The molecule has 0 amide bonds. The van der Waals surface area contributed by atoms with E-state index in [0.717, 1.165) is 31.5 Å². The van der Waals surface area contributed by atoms with Gasteiger partial charge >= 0.3 is 0 Å². The zero-order valence-corrected chi connectivity index (χ0v) is 14.2. The molecule has 1 fully saturated rings. The van der Waals surface area contributed by atoms with Crippen LogP contribution in [0.1, 0.15) is 38.2 Å². The van der Waals surface area contributed by atoms with Gasteiger partial charge in [0.05, 0.1) is 18.7 Å². The zero-order chi connectivity index (χ0) is 15.9. The fraction of sp³-hybridized carbons (Fsp3) is 0.647. The van der Waals surface area contributed by atoms with Crippen LogP contribution in [0.2, 0.25) is 5.02 Å². The van der Waals surface area contributed by atoms with Gasteiger partial charge in [-0.1, -0.05) is 11.6 Å². The fourth-order valence-corrected chi connectivity index (χ4v) is 3.43. The van der Waals surface area contributed by atoms with Crippen LogP contribution in [0.4, 0.5) is 0 Å². The third kappa shape index (κ3) is 4.28. The molecule has 1 atom stereocenters. The maximum atomic E-state index is 9.02. The van der Waals surface area contributed by atoms with Crippen molar-refractivity contribution in [1.29, 1.82) is 0 Å². The number of nitrogens with zero attached hydrogens (tertiary/aromatic N) is 1. The summed E-state index contributed by atoms with van der Waals surface area (Å²) in [7, 11) is 1.64. The van der Waals surface area contributed by atoms with Gasteiger partial charge in [-0.2, -0.15) is 0 Å². The molecule has 4 nitrogen and oxygen atoms in total. The molecule has 1 heterocycles. The summed E-state index contributed by atoms with van der Waals surface area (Å²) in [6.07, 6.45) is 4.35. The molecule has 1 aromatic rings. The van der Waals surface area contributed by atoms with E-state index >= 15 is 0 Å². The van der Waals surface area contributed by atoms with E-state index < -0.39 is 0 Å². The summed E-state index contributed by atoms with van der Waals surface area (Å²) in [5.74, 6) is 1.31. The van der Waals surface area contributed by atoms with Crippen LogP contribution in [-0.4, -0.2) is 42.9 Å². The summed E-state index contributed by atoms with van der Waals surface area (Å²) in [6, 6.07) is 4.54. The Balaban J connectivity index is 2.10. The lowest BCUT2D eigenvalue weighted by Gasteiger charge is -2.25. The minimum atomic E-state index is 0.271. The molecule has 0 saturated carbocycles. The Bertz CT molecular complexity index is 481. The fourth-order valence-electron chi connectivity index (χ4n) is 3.14. The van der Waals surface area contributed by atoms with Crippen LogP contribution in [0.3, 0.4) is 0 Å². The summed E-state index contributed by atoms with van der Waals surface area (Å²) < 4.78 is 11.0. The van der Waals surface area contributed by atoms with Crippen LogP contribution < -0.4 is 9.47 Å². The van der Waals surface area contributed by atoms with Gasteiger partial charge in [-0.05, 0) is 56.8 Å². The first-order valence-corrected chi connectivity index (χ1v) is 8.41. The van der Waals surface area contributed by atoms with Gasteiger partial charge in [0.1, 0.15) is 0 Å². The predicted molar refractivity (Wildman–Crippen MR) is 88.9 cm³/mol. The second-order valence-electron chi connectivity index (χ2n) is 5.67. The van der Waals surface area contributed by atoms with E-state index in [2.05, 4.69) is 4.90 Å². The number of ether oxygens (including phenoxy) is 2. The molecule has 0 spiro atoms. The first-order valence-electron chi connectivity index (χ1n) is 8.03. The second kappa shape index (κ2) is 8.61. The molecular formula is C17H26ClNO3. The number of methoxy groups -OCH3 is 1. The average Bonchev–Trinajstić information content (AvgIpc) is 2.94. The Labute approximate surface area is 138 Å². The Morgan fingerprint density at radius 2 is 2.23 bits per heavy atom. The summed E-state index contributed by atoms with van der Waals surface area (Å²) in [5.41, 5.74) is 1.14. The molecule has 1 saturated heterocycles. The van der Waals surface area contributed by atoms with E-state index in [4.69, 9.17) is 26.2 Å². The standard InChI is InChI=1S/C17H26ClNO3/c1-3-22-17-15(18)10-13(11-16(17)21-2)12-19-8-4-6-14(19)7-5-9-20/h10-11,14,20H,3-9,12H2,1-2H3. The first kappa shape index (κ1) is 17.4. The van der Waals surface area contributed by atoms with Crippen molar-refractivity contribution < 1.29 is 14.6 Å². The maximum absolute atomic E-state index is 9.02. The minimum Gasteiger partial charge on any atom is -0.493 e. The summed E-state index contributed by atoms with van der Waals surface area (Å²) >= 11 is 6.34. The molecule has 22 heavy (non-hydrogen) atoms. The van der Waals surface area contributed by atoms with Crippen LogP contribution in [-0.2, 0) is 6.54 Å². The lowest BCUT2D eigenvalue weighted by Crippen LogP contribution is -2.29. The van der Waals surface area contributed by atoms with Gasteiger partial charge in [-0.3, -0.25) is 4.90 Å². The highest BCUT2D eigenvalue weighted by Gasteiger charge is 2.24. The van der Waals surface area contributed by atoms with E-state index in [-0.39, 0.29) is 6.61 Å². The Hall–Kier alpha value is -0.970. The molecule has 1 aliphatic rings. The van der Waals surface area contributed by atoms with E-state index in [1.807, 2.05) is 19.1 Å². The van der Waals surface area contributed by atoms with Crippen molar-refractivity contribution in [2.24, 2.45) is 0 Å². The smallest absolute Gasteiger partial charge is 0.179 e. The van der Waals surface area contributed by atoms with Gasteiger partial charge in [0.2, 0.25) is 0 Å². The number of likely N-dealkylation sites (tertiary alicyclic amines) is 1. The third-order valence-corrected chi connectivity index (χ3v) is 4.44. The van der Waals surface area contributed by atoms with Crippen LogP contribution >= 0.6 is 11.6 Å². The summed E-state index contributed by atoms with van der Waals surface area (Å²) in [4.78, 5) is 2.47. The third-order valence-electron chi connectivity index (χ3n) is 4.16. The van der Waals surface area contributed by atoms with E-state index in [9.17, 15) is 0 Å². The molecule has 5 heteroatoms. The summed E-state index contributed by atoms with van der Waals surface area (Å²) in [5, 5.41) is 9.62. The van der Waals surface area contributed by atoms with Gasteiger partial charge in [-0.25, -0.2) is 0 Å². The molecule has 124 valence electrons. The minimum absolute atomic E-state index is 0.271. The van der Waals surface area contributed by atoms with Crippen molar-refractivity contribution in [1.82, 2.24) is 4.90 Å². The van der Waals surface area contributed by atoms with Gasteiger partial charge in [0, 0.05) is 19.2 Å². The lowest BCUT2D eigenvalue weighted by atomic mass is 10.1. The van der Waals surface area contributed by atoms with Gasteiger partial charge in [0.25, 0.3) is 0 Å². The Morgan fingerprint density at radius 1 is 1.41 bits per heavy atom. The Kier molecular flexibility index (Phi) is 6.80. The van der Waals surface area contributed by atoms with Crippen molar-refractivity contribution in [3.8, 4) is 11.5 Å². The number of aliphatic hydroxyl groups is 1. The average molecular weight is 328 g/mol. The van der Waals surface area contributed by atoms with Crippen LogP contribution in [0, 0.1) is 0 Å². The predicted octanol–water partition coefficient (Wildman–Crippen LogP) is 3.48. The van der Waals surface area contributed by atoms with Crippen molar-refractivity contribution in [3.05, 3.63) is 22.7 Å². The number of halogens is 1. The SMILES string of the molecule is CCOc1c(Cl)cc(CN2CCCC2CCCO)cc1OC. The van der Waals surface area contributed by atoms with Crippen LogP contribution in [0.25, 0.3) is 0 Å². The number of rotatable bonds is 8. The normalized spacial score (nSPS) is 18.6. The van der Waals surface area contributed by atoms with E-state index in [1.165, 1.54) is 12.8 Å². The molecule has 0 aromatic heterocycles. The number of hydrogen-bond donors (Lipinski definition) is 1. The second-order valence-corrected chi connectivity index (χ2v) is 6.08. The molecule has 0 aliphatic carbocycles. The van der Waals surface area contributed by atoms with Crippen LogP contribution in [0.15, 0.2) is 12.1 Å². The molecule has 1 N–H and O–H groups in total. The molecule has 2 rings (SSSR count). The van der Waals surface area contributed by atoms with Crippen molar-refractivity contribution >= 4 is 11.6 Å². The van der Waals surface area contributed by atoms with E-state index in [1.54, 1.807) is 7.11 Å². The molecule has 1 unspecified atom stereocenters. The molecule has 1 aliphatic heterocycles. The monoisotopic (exact) mass is 327 g/mol. The maximum Gasteiger partial charge on any atom is 0.179 e. The number of aliphatic hydroxyl groups excluding tert-OH is 1. The first-order chi connectivity index (χ1) is 10.7. The summed E-state index contributed by atoms with van der Waals surface area (Å²) in [6.45, 7) is 4.72. The molecular weight excluding hydrogens is 302 g/mol. The zero-order valence-electron chi connectivity index (χ0n) is 13.5. The largest absolute Gasteiger partial charge is 0.493 e. The van der Waals surface area contributed by atoms with Gasteiger partial charge in [0.15, 0.2) is 11.5 Å². The number of hydrogen-bond acceptors (Lipinski definition) is 4. The highest BCUT2D eigenvalue weighted by molar-refractivity contribution is 6.32. The van der Waals surface area contributed by atoms with Gasteiger partial charge < -0.3 is 14.6 Å². The van der Waals surface area contributed by atoms with Crippen molar-refractivity contribution in [3.63, 3.8) is 0 Å². The lowest BCUT2D eigenvalue weighted by molar-refractivity contribution is 0.210. The molecule has 1 aromatic carbocycles. The van der Waals surface area contributed by atoms with Gasteiger partial charge in [-0.15, -0.1) is 0 Å². The van der Waals surface area contributed by atoms with E-state index in [0.29, 0.717) is 29.2 Å². The molecule has 0 radical (unpaired) electrons.